The molecule has 0 heterocycles. The van der Waals surface area contributed by atoms with E-state index in [1.165, 1.54) is 20.8 Å². The summed E-state index contributed by atoms with van der Waals surface area (Å²) in [6, 6.07) is 0. The molecule has 0 aliphatic rings. The normalized spacial score (nSPS) is 18.0. The number of ether oxygens (including phenoxy) is 9. The quantitative estimate of drug-likeness (QED) is 0.0360. The molecule has 0 spiro atoms. The standard InChI is InChI=1S/C32H61F2NO13/c1-7-11-40-15-16-43-21-27(38)23-45-24-28(39)22-44-17-18-46-31(5,34)9-13-47-32(6,35)30(4,33)25-48-29(2,3)8-12-41-19-26(37)20-42-14-10-36/h1,26-28,36-39H,8-25,35H2,2-6H3. The molecule has 0 saturated carbocycles. The third-order valence-corrected chi connectivity index (χ3v) is 6.85. The number of rotatable bonds is 33. The lowest BCUT2D eigenvalue weighted by Gasteiger charge is -2.39. The van der Waals surface area contributed by atoms with Gasteiger partial charge in [-0.2, -0.15) is 0 Å². The average Bonchev–Trinajstić information content (AvgIpc) is 3.00. The fourth-order valence-corrected chi connectivity index (χ4v) is 3.52. The topological polar surface area (TPSA) is 190 Å². The van der Waals surface area contributed by atoms with Gasteiger partial charge in [-0.15, -0.1) is 6.42 Å². The van der Waals surface area contributed by atoms with Crippen LogP contribution < -0.4 is 5.73 Å². The second-order valence-corrected chi connectivity index (χ2v) is 12.4. The number of hydrogen-bond donors (Lipinski definition) is 5. The molecular formula is C32H61F2NO13. The molecule has 6 atom stereocenters. The van der Waals surface area contributed by atoms with Crippen LogP contribution in [0, 0.1) is 12.3 Å². The number of alkyl halides is 2. The van der Waals surface area contributed by atoms with Gasteiger partial charge in [0, 0.05) is 13.0 Å². The predicted octanol–water partition coefficient (Wildman–Crippen LogP) is 0.492. The van der Waals surface area contributed by atoms with Crippen molar-refractivity contribution < 1.29 is 71.8 Å². The molecule has 48 heavy (non-hydrogen) atoms. The van der Waals surface area contributed by atoms with E-state index in [1.54, 1.807) is 13.8 Å². The van der Waals surface area contributed by atoms with E-state index in [0.717, 1.165) is 0 Å². The zero-order valence-electron chi connectivity index (χ0n) is 29.3. The van der Waals surface area contributed by atoms with E-state index in [0.29, 0.717) is 13.0 Å². The van der Waals surface area contributed by atoms with Gasteiger partial charge in [0.05, 0.1) is 98.1 Å². The molecule has 0 aromatic rings. The van der Waals surface area contributed by atoms with Crippen molar-refractivity contribution in [2.45, 2.75) is 88.6 Å². The number of nitrogens with two attached hydrogens (primary N) is 1. The van der Waals surface area contributed by atoms with Crippen molar-refractivity contribution in [2.24, 2.45) is 5.73 Å². The van der Waals surface area contributed by atoms with Crippen LogP contribution in [0.2, 0.25) is 0 Å². The van der Waals surface area contributed by atoms with Crippen molar-refractivity contribution in [3.8, 4) is 12.3 Å². The summed E-state index contributed by atoms with van der Waals surface area (Å²) in [6.07, 6.45) is 2.53. The van der Waals surface area contributed by atoms with Crippen LogP contribution in [-0.2, 0) is 42.6 Å². The highest BCUT2D eigenvalue weighted by atomic mass is 19.2. The van der Waals surface area contributed by atoms with E-state index in [-0.39, 0.29) is 98.9 Å². The molecule has 286 valence electrons. The number of aliphatic hydroxyl groups is 4. The van der Waals surface area contributed by atoms with Gasteiger partial charge < -0.3 is 68.8 Å². The molecule has 0 aromatic heterocycles. The average molecular weight is 706 g/mol. The minimum absolute atomic E-state index is 0.00934. The maximum Gasteiger partial charge on any atom is 0.208 e. The Kier molecular flexibility index (Phi) is 25.1. The lowest BCUT2D eigenvalue weighted by atomic mass is 9.96. The van der Waals surface area contributed by atoms with Crippen molar-refractivity contribution in [3.63, 3.8) is 0 Å². The van der Waals surface area contributed by atoms with Gasteiger partial charge >= 0.3 is 0 Å². The van der Waals surface area contributed by atoms with Gasteiger partial charge in [0.25, 0.3) is 0 Å². The molecule has 0 radical (unpaired) electrons. The fourth-order valence-electron chi connectivity index (χ4n) is 3.52. The Morgan fingerprint density at radius 1 is 0.625 bits per heavy atom. The Labute approximate surface area is 284 Å². The van der Waals surface area contributed by atoms with Crippen molar-refractivity contribution in [1.29, 1.82) is 0 Å². The number of halogens is 2. The predicted molar refractivity (Wildman–Crippen MR) is 172 cm³/mol. The summed E-state index contributed by atoms with van der Waals surface area (Å²) in [5.74, 6) is 0.213. The van der Waals surface area contributed by atoms with Crippen molar-refractivity contribution >= 4 is 0 Å². The smallest absolute Gasteiger partial charge is 0.208 e. The Hall–Kier alpha value is -1.14. The first kappa shape index (κ1) is 46.9. The van der Waals surface area contributed by atoms with Crippen molar-refractivity contribution in [1.82, 2.24) is 0 Å². The minimum Gasteiger partial charge on any atom is -0.394 e. The summed E-state index contributed by atoms with van der Waals surface area (Å²) < 4.78 is 78.2. The Balaban J connectivity index is 4.18. The van der Waals surface area contributed by atoms with Crippen LogP contribution in [0.25, 0.3) is 0 Å². The summed E-state index contributed by atoms with van der Waals surface area (Å²) in [7, 11) is 0. The van der Waals surface area contributed by atoms with Gasteiger partial charge in [-0.3, -0.25) is 0 Å². The highest BCUT2D eigenvalue weighted by Crippen LogP contribution is 2.29. The Morgan fingerprint density at radius 3 is 1.65 bits per heavy atom. The largest absolute Gasteiger partial charge is 0.394 e. The molecular weight excluding hydrogens is 644 g/mol. The zero-order chi connectivity index (χ0) is 36.5. The van der Waals surface area contributed by atoms with Crippen molar-refractivity contribution in [2.75, 3.05) is 106 Å². The molecule has 0 rings (SSSR count). The number of terminal acetylenes is 1. The molecule has 16 heteroatoms. The van der Waals surface area contributed by atoms with Crippen molar-refractivity contribution in [3.05, 3.63) is 0 Å². The lowest BCUT2D eigenvalue weighted by Crippen LogP contribution is -2.59. The van der Waals surface area contributed by atoms with Crippen LogP contribution in [0.5, 0.6) is 0 Å². The van der Waals surface area contributed by atoms with Crippen LogP contribution in [0.4, 0.5) is 8.78 Å². The molecule has 0 aliphatic heterocycles. The maximum atomic E-state index is 15.6. The summed E-state index contributed by atoms with van der Waals surface area (Å²) in [4.78, 5) is 0. The van der Waals surface area contributed by atoms with E-state index in [2.05, 4.69) is 5.92 Å². The SMILES string of the molecule is C#CCOCCOCC(O)COCC(O)COCCOC(C)(F)CCOC(C)(N)C(C)(F)COC(C)(C)CCOCC(O)COCCO. The monoisotopic (exact) mass is 705 g/mol. The lowest BCUT2D eigenvalue weighted by molar-refractivity contribution is -0.194. The van der Waals surface area contributed by atoms with Gasteiger partial charge in [-0.25, -0.2) is 8.78 Å². The molecule has 0 amide bonds. The van der Waals surface area contributed by atoms with Crippen LogP contribution >= 0.6 is 0 Å². The van der Waals surface area contributed by atoms with Gasteiger partial charge in [-0.05, 0) is 41.0 Å². The minimum atomic E-state index is -2.14. The number of aliphatic hydroxyl groups excluding tert-OH is 4. The van der Waals surface area contributed by atoms with Gasteiger partial charge in [0.15, 0.2) is 5.67 Å². The summed E-state index contributed by atoms with van der Waals surface area (Å²) in [5, 5.41) is 38.2. The van der Waals surface area contributed by atoms with Crippen LogP contribution in [0.1, 0.15) is 47.5 Å². The molecule has 0 aromatic carbocycles. The van der Waals surface area contributed by atoms with E-state index in [9.17, 15) is 19.7 Å². The first-order valence-corrected chi connectivity index (χ1v) is 16.1. The van der Waals surface area contributed by atoms with Gasteiger partial charge in [0.2, 0.25) is 5.85 Å². The molecule has 0 fully saturated rings. The maximum absolute atomic E-state index is 15.6. The molecule has 0 saturated heterocycles. The molecule has 6 N–H and O–H groups in total. The third kappa shape index (κ3) is 24.9. The first-order chi connectivity index (χ1) is 22.5. The summed E-state index contributed by atoms with van der Waals surface area (Å²) in [6.45, 7) is 7.45. The second kappa shape index (κ2) is 25.8. The Morgan fingerprint density at radius 2 is 1.10 bits per heavy atom. The summed E-state index contributed by atoms with van der Waals surface area (Å²) >= 11 is 0. The van der Waals surface area contributed by atoms with E-state index in [4.69, 9.17) is 59.9 Å². The molecule has 0 aliphatic carbocycles. The van der Waals surface area contributed by atoms with Gasteiger partial charge in [-0.1, -0.05) is 5.92 Å². The summed E-state index contributed by atoms with van der Waals surface area (Å²) in [5.41, 5.74) is 1.38. The first-order valence-electron chi connectivity index (χ1n) is 16.1. The molecule has 0 bridgehead atoms. The highest BCUT2D eigenvalue weighted by molar-refractivity contribution is 4.92. The van der Waals surface area contributed by atoms with Gasteiger partial charge in [0.1, 0.15) is 30.6 Å². The van der Waals surface area contributed by atoms with Crippen LogP contribution in [0.3, 0.4) is 0 Å². The molecule has 14 nitrogen and oxygen atoms in total. The zero-order valence-corrected chi connectivity index (χ0v) is 29.3. The highest BCUT2D eigenvalue weighted by Gasteiger charge is 2.45. The number of hydrogen-bond acceptors (Lipinski definition) is 14. The van der Waals surface area contributed by atoms with Crippen LogP contribution in [-0.4, -0.2) is 167 Å². The third-order valence-electron chi connectivity index (χ3n) is 6.85. The second-order valence-electron chi connectivity index (χ2n) is 12.4. The Bertz CT molecular complexity index is 830. The van der Waals surface area contributed by atoms with E-state index >= 15 is 4.39 Å². The van der Waals surface area contributed by atoms with Crippen LogP contribution in [0.15, 0.2) is 0 Å². The van der Waals surface area contributed by atoms with E-state index in [1.807, 2.05) is 0 Å². The van der Waals surface area contributed by atoms with E-state index < -0.39 is 47.8 Å². The molecule has 6 unspecified atom stereocenters. The fraction of sp³-hybridized carbons (Fsp3) is 0.938.